The molecule has 0 spiro atoms. The van der Waals surface area contributed by atoms with Crippen LogP contribution in [0.25, 0.3) is 0 Å². The molecular formula is C17H21N3S. The Labute approximate surface area is 131 Å². The van der Waals surface area contributed by atoms with Gasteiger partial charge in [-0.05, 0) is 49.6 Å². The maximum absolute atomic E-state index is 5.75. The molecule has 0 aliphatic carbocycles. The van der Waals surface area contributed by atoms with Gasteiger partial charge in [-0.3, -0.25) is 0 Å². The lowest BCUT2D eigenvalue weighted by Crippen LogP contribution is -2.13. The van der Waals surface area contributed by atoms with Crippen molar-refractivity contribution in [1.29, 1.82) is 0 Å². The number of hydrogen-bond acceptors (Lipinski definition) is 3. The average molecular weight is 299 g/mol. The van der Waals surface area contributed by atoms with E-state index in [-0.39, 0.29) is 0 Å². The molecule has 110 valence electrons. The van der Waals surface area contributed by atoms with Crippen molar-refractivity contribution in [2.75, 3.05) is 5.32 Å². The zero-order valence-corrected chi connectivity index (χ0v) is 13.3. The van der Waals surface area contributed by atoms with Gasteiger partial charge in [0, 0.05) is 11.4 Å². The van der Waals surface area contributed by atoms with E-state index in [1.807, 2.05) is 19.1 Å². The zero-order valence-electron chi connectivity index (χ0n) is 12.5. The van der Waals surface area contributed by atoms with Gasteiger partial charge in [0.05, 0.1) is 5.56 Å². The largest absolute Gasteiger partial charge is 0.389 e. The molecule has 1 aromatic carbocycles. The maximum Gasteiger partial charge on any atom is 0.140 e. The normalized spacial score (nSPS) is 10.4. The Kier molecular flexibility index (Phi) is 5.28. The van der Waals surface area contributed by atoms with Gasteiger partial charge < -0.3 is 11.1 Å². The summed E-state index contributed by atoms with van der Waals surface area (Å²) in [5.74, 6) is 0.712. The van der Waals surface area contributed by atoms with Gasteiger partial charge in [-0.2, -0.15) is 0 Å². The fraction of sp³-hybridized carbons (Fsp3) is 0.294. The quantitative estimate of drug-likeness (QED) is 0.788. The minimum atomic E-state index is 0.351. The van der Waals surface area contributed by atoms with Gasteiger partial charge >= 0.3 is 0 Å². The first-order valence-electron chi connectivity index (χ1n) is 7.23. The molecule has 1 heterocycles. The highest BCUT2D eigenvalue weighted by atomic mass is 32.1. The topological polar surface area (TPSA) is 50.9 Å². The summed E-state index contributed by atoms with van der Waals surface area (Å²) in [5, 5.41) is 3.30. The van der Waals surface area contributed by atoms with Crippen molar-refractivity contribution < 1.29 is 0 Å². The lowest BCUT2D eigenvalue weighted by molar-refractivity contribution is 0.795. The Balaban J connectivity index is 2.18. The molecule has 21 heavy (non-hydrogen) atoms. The number of nitrogens with one attached hydrogen (secondary N) is 1. The van der Waals surface area contributed by atoms with Crippen molar-refractivity contribution in [2.45, 2.75) is 33.1 Å². The van der Waals surface area contributed by atoms with Crippen molar-refractivity contribution in [3.05, 3.63) is 53.2 Å². The Morgan fingerprint density at radius 2 is 1.90 bits per heavy atom. The van der Waals surface area contributed by atoms with Gasteiger partial charge in [0.2, 0.25) is 0 Å². The van der Waals surface area contributed by atoms with Crippen LogP contribution in [0, 0.1) is 6.92 Å². The Morgan fingerprint density at radius 1 is 1.19 bits per heavy atom. The predicted octanol–water partition coefficient (Wildman–Crippen LogP) is 4.11. The second kappa shape index (κ2) is 7.18. The van der Waals surface area contributed by atoms with Crippen LogP contribution in [0.5, 0.6) is 0 Å². The van der Waals surface area contributed by atoms with Gasteiger partial charge in [0.15, 0.2) is 0 Å². The van der Waals surface area contributed by atoms with E-state index < -0.39 is 0 Å². The van der Waals surface area contributed by atoms with Crippen molar-refractivity contribution in [3.8, 4) is 0 Å². The molecule has 0 aliphatic heterocycles. The Hall–Kier alpha value is -1.94. The highest BCUT2D eigenvalue weighted by Crippen LogP contribution is 2.20. The van der Waals surface area contributed by atoms with E-state index >= 15 is 0 Å². The summed E-state index contributed by atoms with van der Waals surface area (Å²) in [6.45, 7) is 4.15. The predicted molar refractivity (Wildman–Crippen MR) is 93.2 cm³/mol. The third-order valence-electron chi connectivity index (χ3n) is 3.34. The second-order valence-corrected chi connectivity index (χ2v) is 5.58. The SMILES string of the molecule is CCCCc1ccc(Nc2nc(C)ccc2C(N)=S)cc1. The van der Waals surface area contributed by atoms with Crippen LogP contribution in [0.2, 0.25) is 0 Å². The van der Waals surface area contributed by atoms with Crippen LogP contribution in [0.15, 0.2) is 36.4 Å². The lowest BCUT2D eigenvalue weighted by atomic mass is 10.1. The minimum absolute atomic E-state index is 0.351. The van der Waals surface area contributed by atoms with E-state index in [0.29, 0.717) is 10.8 Å². The summed E-state index contributed by atoms with van der Waals surface area (Å²) in [5.41, 5.74) is 9.79. The molecular weight excluding hydrogens is 278 g/mol. The monoisotopic (exact) mass is 299 g/mol. The van der Waals surface area contributed by atoms with Crippen LogP contribution >= 0.6 is 12.2 Å². The Morgan fingerprint density at radius 3 is 2.52 bits per heavy atom. The summed E-state index contributed by atoms with van der Waals surface area (Å²) >= 11 is 5.08. The number of aromatic nitrogens is 1. The number of nitrogens with two attached hydrogens (primary N) is 1. The fourth-order valence-electron chi connectivity index (χ4n) is 2.12. The number of aryl methyl sites for hydroxylation is 2. The molecule has 3 N–H and O–H groups in total. The molecule has 0 radical (unpaired) electrons. The third-order valence-corrected chi connectivity index (χ3v) is 3.56. The van der Waals surface area contributed by atoms with Crippen LogP contribution in [-0.4, -0.2) is 9.97 Å². The zero-order chi connectivity index (χ0) is 15.2. The number of benzene rings is 1. The van der Waals surface area contributed by atoms with Crippen molar-refractivity contribution in [2.24, 2.45) is 5.73 Å². The van der Waals surface area contributed by atoms with Gasteiger partial charge in [0.1, 0.15) is 10.8 Å². The molecule has 0 atom stereocenters. The van der Waals surface area contributed by atoms with E-state index in [4.69, 9.17) is 18.0 Å². The molecule has 2 rings (SSSR count). The van der Waals surface area contributed by atoms with Gasteiger partial charge in [-0.1, -0.05) is 37.7 Å². The van der Waals surface area contributed by atoms with Crippen LogP contribution in [0.4, 0.5) is 11.5 Å². The van der Waals surface area contributed by atoms with Crippen molar-refractivity contribution in [1.82, 2.24) is 4.98 Å². The second-order valence-electron chi connectivity index (χ2n) is 5.14. The van der Waals surface area contributed by atoms with Crippen molar-refractivity contribution in [3.63, 3.8) is 0 Å². The number of rotatable bonds is 6. The molecule has 0 amide bonds. The average Bonchev–Trinajstić information content (AvgIpc) is 2.46. The summed E-state index contributed by atoms with van der Waals surface area (Å²) in [6, 6.07) is 12.2. The molecule has 0 saturated carbocycles. The summed E-state index contributed by atoms with van der Waals surface area (Å²) in [7, 11) is 0. The standard InChI is InChI=1S/C17H21N3S/c1-3-4-5-13-7-9-14(10-8-13)20-17-15(16(18)21)11-6-12(2)19-17/h6-11H,3-5H2,1-2H3,(H2,18,21)(H,19,20). The Bertz CT molecular complexity index is 620. The van der Waals surface area contributed by atoms with Gasteiger partial charge in [0.25, 0.3) is 0 Å². The molecule has 4 heteroatoms. The number of unbranched alkanes of at least 4 members (excludes halogenated alkanes) is 1. The number of hydrogen-bond donors (Lipinski definition) is 2. The molecule has 0 aliphatic rings. The van der Waals surface area contributed by atoms with E-state index in [0.717, 1.165) is 23.4 Å². The minimum Gasteiger partial charge on any atom is -0.389 e. The van der Waals surface area contributed by atoms with E-state index in [9.17, 15) is 0 Å². The first-order chi connectivity index (χ1) is 10.1. The summed E-state index contributed by atoms with van der Waals surface area (Å²) in [4.78, 5) is 4.83. The van der Waals surface area contributed by atoms with Gasteiger partial charge in [-0.25, -0.2) is 4.98 Å². The lowest BCUT2D eigenvalue weighted by Gasteiger charge is -2.11. The van der Waals surface area contributed by atoms with E-state index in [2.05, 4.69) is 41.5 Å². The molecule has 0 saturated heterocycles. The number of anilines is 2. The third kappa shape index (κ3) is 4.26. The van der Waals surface area contributed by atoms with Crippen LogP contribution in [0.1, 0.15) is 36.6 Å². The first-order valence-corrected chi connectivity index (χ1v) is 7.64. The number of thiocarbonyl (C=S) groups is 1. The van der Waals surface area contributed by atoms with Crippen molar-refractivity contribution >= 4 is 28.7 Å². The fourth-order valence-corrected chi connectivity index (χ4v) is 2.29. The molecule has 0 fully saturated rings. The molecule has 2 aromatic rings. The van der Waals surface area contributed by atoms with Gasteiger partial charge in [-0.15, -0.1) is 0 Å². The molecule has 0 bridgehead atoms. The molecule has 0 unspecified atom stereocenters. The highest BCUT2D eigenvalue weighted by molar-refractivity contribution is 7.80. The van der Waals surface area contributed by atoms with E-state index in [1.165, 1.54) is 18.4 Å². The van der Waals surface area contributed by atoms with Crippen LogP contribution in [0.3, 0.4) is 0 Å². The first kappa shape index (κ1) is 15.4. The highest BCUT2D eigenvalue weighted by Gasteiger charge is 2.07. The van der Waals surface area contributed by atoms with Crippen LogP contribution in [-0.2, 0) is 6.42 Å². The van der Waals surface area contributed by atoms with E-state index in [1.54, 1.807) is 0 Å². The number of pyridine rings is 1. The summed E-state index contributed by atoms with van der Waals surface area (Å²) in [6.07, 6.45) is 3.56. The van der Waals surface area contributed by atoms with Crippen LogP contribution < -0.4 is 11.1 Å². The molecule has 3 nitrogen and oxygen atoms in total. The number of nitrogens with zero attached hydrogens (tertiary/aromatic N) is 1. The molecule has 1 aromatic heterocycles. The summed E-state index contributed by atoms with van der Waals surface area (Å²) < 4.78 is 0. The smallest absolute Gasteiger partial charge is 0.140 e. The maximum atomic E-state index is 5.75.